The highest BCUT2D eigenvalue weighted by Crippen LogP contribution is 2.44. The molecule has 2 unspecified atom stereocenters. The van der Waals surface area contributed by atoms with E-state index in [4.69, 9.17) is 4.42 Å². The third-order valence-electron chi connectivity index (χ3n) is 5.31. The molecule has 2 aromatic heterocycles. The van der Waals surface area contributed by atoms with Gasteiger partial charge in [0.2, 0.25) is 0 Å². The van der Waals surface area contributed by atoms with Crippen LogP contribution in [0.25, 0.3) is 11.3 Å². The van der Waals surface area contributed by atoms with Crippen molar-refractivity contribution < 1.29 is 22.4 Å². The SMILES string of the molecule is O=C1CNCC2=Nc3[nH]ncc3C(c3ccc(-c4ccccc4C(F)(F)F)o3)C12. The molecule has 2 N–H and O–H groups in total. The minimum atomic E-state index is -4.50. The summed E-state index contributed by atoms with van der Waals surface area (Å²) in [5.41, 5.74) is 0.546. The predicted octanol–water partition coefficient (Wildman–Crippen LogP) is 3.70. The van der Waals surface area contributed by atoms with Gasteiger partial charge in [-0.3, -0.25) is 9.89 Å². The number of aliphatic imine (C=N–C) groups is 1. The van der Waals surface area contributed by atoms with Gasteiger partial charge in [0.05, 0.1) is 30.1 Å². The first-order valence-corrected chi connectivity index (χ1v) is 9.04. The fourth-order valence-corrected chi connectivity index (χ4v) is 4.06. The number of carbonyl (C=O) groups is 1. The van der Waals surface area contributed by atoms with Gasteiger partial charge in [-0.25, -0.2) is 4.99 Å². The lowest BCUT2D eigenvalue weighted by Crippen LogP contribution is -2.48. The number of ketones is 1. The molecule has 0 amide bonds. The fraction of sp³-hybridized carbons (Fsp3) is 0.250. The number of fused-ring (bicyclic) bond motifs is 2. The maximum atomic E-state index is 13.4. The van der Waals surface area contributed by atoms with E-state index in [2.05, 4.69) is 20.5 Å². The van der Waals surface area contributed by atoms with Crippen LogP contribution in [-0.4, -0.2) is 34.8 Å². The molecular formula is C20H15F3N4O2. The standard InChI is InChI=1S/C20H15F3N4O2/c21-20(22,23)12-4-2-1-3-10(12)15-5-6-16(29-15)17-11-7-25-27-19(11)26-13-8-24-9-14(28)18(13)17/h1-7,17-18,24H,8-9H2,(H,25,27). The number of piperidine rings is 1. The Labute approximate surface area is 162 Å². The van der Waals surface area contributed by atoms with Gasteiger partial charge in [-0.1, -0.05) is 18.2 Å². The van der Waals surface area contributed by atoms with Crippen molar-refractivity contribution in [1.29, 1.82) is 0 Å². The summed E-state index contributed by atoms with van der Waals surface area (Å²) in [5.74, 6) is -0.0153. The second-order valence-electron chi connectivity index (χ2n) is 7.05. The number of hydrogen-bond donors (Lipinski definition) is 2. The summed E-state index contributed by atoms with van der Waals surface area (Å²) in [4.78, 5) is 17.1. The number of alkyl halides is 3. The fourth-order valence-electron chi connectivity index (χ4n) is 4.06. The number of benzene rings is 1. The Balaban J connectivity index is 1.61. The van der Waals surface area contributed by atoms with Crippen LogP contribution in [0.4, 0.5) is 19.0 Å². The van der Waals surface area contributed by atoms with Crippen molar-refractivity contribution in [3.8, 4) is 11.3 Å². The Kier molecular flexibility index (Phi) is 3.95. The summed E-state index contributed by atoms with van der Waals surface area (Å²) in [5, 5.41) is 9.84. The summed E-state index contributed by atoms with van der Waals surface area (Å²) >= 11 is 0. The molecule has 2 atom stereocenters. The van der Waals surface area contributed by atoms with Gasteiger partial charge < -0.3 is 9.73 Å². The maximum Gasteiger partial charge on any atom is 0.417 e. The van der Waals surface area contributed by atoms with Gasteiger partial charge in [-0.05, 0) is 18.2 Å². The largest absolute Gasteiger partial charge is 0.460 e. The normalized spacial score (nSPS) is 21.5. The van der Waals surface area contributed by atoms with Gasteiger partial charge in [0.15, 0.2) is 11.6 Å². The van der Waals surface area contributed by atoms with Gasteiger partial charge in [0.1, 0.15) is 11.5 Å². The second kappa shape index (κ2) is 6.41. The number of aromatic nitrogens is 2. The third-order valence-corrected chi connectivity index (χ3v) is 5.31. The average Bonchev–Trinajstić information content (AvgIpc) is 3.35. The zero-order chi connectivity index (χ0) is 20.2. The van der Waals surface area contributed by atoms with Crippen LogP contribution in [0, 0.1) is 5.92 Å². The zero-order valence-corrected chi connectivity index (χ0v) is 15.0. The number of hydrogen-bond acceptors (Lipinski definition) is 5. The lowest BCUT2D eigenvalue weighted by Gasteiger charge is -2.32. The van der Waals surface area contributed by atoms with E-state index in [1.54, 1.807) is 12.3 Å². The summed E-state index contributed by atoms with van der Waals surface area (Å²) in [6, 6.07) is 8.40. The molecule has 6 nitrogen and oxygen atoms in total. The van der Waals surface area contributed by atoms with Crippen molar-refractivity contribution in [2.24, 2.45) is 10.9 Å². The molecule has 1 fully saturated rings. The van der Waals surface area contributed by atoms with Gasteiger partial charge in [-0.15, -0.1) is 0 Å². The Morgan fingerprint density at radius 3 is 2.72 bits per heavy atom. The molecule has 0 saturated carbocycles. The average molecular weight is 400 g/mol. The first kappa shape index (κ1) is 17.9. The van der Waals surface area contributed by atoms with Crippen molar-refractivity contribution >= 4 is 17.3 Å². The molecule has 148 valence electrons. The molecule has 0 radical (unpaired) electrons. The van der Waals surface area contributed by atoms with Gasteiger partial charge >= 0.3 is 6.18 Å². The summed E-state index contributed by atoms with van der Waals surface area (Å²) in [6.45, 7) is 0.660. The lowest BCUT2D eigenvalue weighted by atomic mass is 9.76. The van der Waals surface area contributed by atoms with Crippen LogP contribution in [0.2, 0.25) is 0 Å². The van der Waals surface area contributed by atoms with E-state index in [9.17, 15) is 18.0 Å². The van der Waals surface area contributed by atoms with E-state index >= 15 is 0 Å². The number of aromatic amines is 1. The number of H-pyrrole nitrogens is 1. The molecule has 3 aromatic rings. The van der Waals surface area contributed by atoms with Crippen molar-refractivity contribution in [3.63, 3.8) is 0 Å². The summed E-state index contributed by atoms with van der Waals surface area (Å²) < 4.78 is 46.1. The highest BCUT2D eigenvalue weighted by molar-refractivity contribution is 6.11. The highest BCUT2D eigenvalue weighted by Gasteiger charge is 2.43. The van der Waals surface area contributed by atoms with Crippen molar-refractivity contribution in [1.82, 2.24) is 15.5 Å². The van der Waals surface area contributed by atoms with E-state index in [0.717, 1.165) is 6.07 Å². The second-order valence-corrected chi connectivity index (χ2v) is 7.05. The monoisotopic (exact) mass is 400 g/mol. The maximum absolute atomic E-state index is 13.4. The number of halogens is 3. The minimum Gasteiger partial charge on any atom is -0.460 e. The number of nitrogens with one attached hydrogen (secondary N) is 2. The van der Waals surface area contributed by atoms with E-state index in [-0.39, 0.29) is 23.7 Å². The van der Waals surface area contributed by atoms with Crippen LogP contribution >= 0.6 is 0 Å². The zero-order valence-electron chi connectivity index (χ0n) is 15.0. The number of nitrogens with zero attached hydrogens (tertiary/aromatic N) is 2. The number of Topliss-reactive ketones (excluding diaryl/α,β-unsaturated/α-hetero) is 1. The Bertz CT molecular complexity index is 1130. The van der Waals surface area contributed by atoms with Crippen LogP contribution < -0.4 is 5.32 Å². The van der Waals surface area contributed by atoms with Crippen molar-refractivity contribution in [3.05, 3.63) is 59.5 Å². The molecule has 2 aliphatic rings. The third kappa shape index (κ3) is 2.89. The first-order valence-electron chi connectivity index (χ1n) is 9.04. The quantitative estimate of drug-likeness (QED) is 0.687. The number of carbonyl (C=O) groups excluding carboxylic acids is 1. The summed E-state index contributed by atoms with van der Waals surface area (Å²) in [6.07, 6.45) is -2.92. The van der Waals surface area contributed by atoms with E-state index in [1.807, 2.05) is 0 Å². The van der Waals surface area contributed by atoms with Crippen LogP contribution in [0.15, 0.2) is 52.0 Å². The van der Waals surface area contributed by atoms with Crippen LogP contribution in [-0.2, 0) is 11.0 Å². The van der Waals surface area contributed by atoms with Gasteiger partial charge in [-0.2, -0.15) is 18.3 Å². The minimum absolute atomic E-state index is 0.0412. The van der Waals surface area contributed by atoms with E-state index in [1.165, 1.54) is 24.3 Å². The van der Waals surface area contributed by atoms with Gasteiger partial charge in [0, 0.05) is 23.4 Å². The molecule has 29 heavy (non-hydrogen) atoms. The Morgan fingerprint density at radius 1 is 1.07 bits per heavy atom. The number of furan rings is 1. The molecule has 5 rings (SSSR count). The van der Waals surface area contributed by atoms with E-state index < -0.39 is 23.6 Å². The molecule has 2 aliphatic heterocycles. The highest BCUT2D eigenvalue weighted by atomic mass is 19.4. The molecule has 0 spiro atoms. The Hall–Kier alpha value is -3.20. The lowest BCUT2D eigenvalue weighted by molar-refractivity contribution is -0.137. The van der Waals surface area contributed by atoms with Crippen LogP contribution in [0.1, 0.15) is 22.8 Å². The molecule has 4 heterocycles. The molecule has 1 saturated heterocycles. The molecular weight excluding hydrogens is 385 g/mol. The van der Waals surface area contributed by atoms with Crippen molar-refractivity contribution in [2.75, 3.05) is 13.1 Å². The van der Waals surface area contributed by atoms with Crippen molar-refractivity contribution in [2.45, 2.75) is 12.1 Å². The molecule has 9 heteroatoms. The van der Waals surface area contributed by atoms with E-state index in [0.29, 0.717) is 29.4 Å². The van der Waals surface area contributed by atoms with Crippen LogP contribution in [0.5, 0.6) is 0 Å². The molecule has 1 aromatic carbocycles. The topological polar surface area (TPSA) is 83.3 Å². The van der Waals surface area contributed by atoms with Crippen LogP contribution in [0.3, 0.4) is 0 Å². The predicted molar refractivity (Wildman–Crippen MR) is 98.0 cm³/mol. The molecule has 0 bridgehead atoms. The summed E-state index contributed by atoms with van der Waals surface area (Å²) in [7, 11) is 0. The molecule has 0 aliphatic carbocycles. The first-order chi connectivity index (χ1) is 13.9. The number of rotatable bonds is 2. The Morgan fingerprint density at radius 2 is 1.90 bits per heavy atom. The van der Waals surface area contributed by atoms with Gasteiger partial charge in [0.25, 0.3) is 0 Å². The smallest absolute Gasteiger partial charge is 0.417 e.